The molecule has 3 nitrogen and oxygen atoms in total. The first-order valence-corrected chi connectivity index (χ1v) is 7.54. The van der Waals surface area contributed by atoms with Gasteiger partial charge in [0.25, 0.3) is 10.0 Å². The van der Waals surface area contributed by atoms with Crippen LogP contribution in [-0.4, -0.2) is 19.8 Å². The highest BCUT2D eigenvalue weighted by Gasteiger charge is 2.45. The fraction of sp³-hybridized carbons (Fsp3) is 0.500. The van der Waals surface area contributed by atoms with Crippen LogP contribution in [0.5, 0.6) is 0 Å². The zero-order valence-electron chi connectivity index (χ0n) is 7.66. The van der Waals surface area contributed by atoms with E-state index in [-0.39, 0.29) is 4.21 Å². The number of hydrogen-bond acceptors (Lipinski definition) is 3. The summed E-state index contributed by atoms with van der Waals surface area (Å²) >= 11 is 12.4. The molecule has 0 aromatic carbocycles. The van der Waals surface area contributed by atoms with Crippen molar-refractivity contribution in [1.82, 2.24) is 4.72 Å². The topological polar surface area (TPSA) is 46.2 Å². The van der Waals surface area contributed by atoms with Crippen molar-refractivity contribution in [3.63, 3.8) is 0 Å². The van der Waals surface area contributed by atoms with Crippen molar-refractivity contribution >= 4 is 44.6 Å². The van der Waals surface area contributed by atoms with Gasteiger partial charge in [0, 0.05) is 11.4 Å². The summed E-state index contributed by atoms with van der Waals surface area (Å²) in [5, 5.41) is 0. The highest BCUT2D eigenvalue weighted by molar-refractivity contribution is 7.91. The molecular weight excluding hydrogens is 277 g/mol. The minimum absolute atomic E-state index is 0.240. The van der Waals surface area contributed by atoms with E-state index in [1.165, 1.54) is 6.07 Å². The van der Waals surface area contributed by atoms with Gasteiger partial charge in [-0.05, 0) is 25.0 Å². The maximum absolute atomic E-state index is 11.8. The lowest BCUT2D eigenvalue weighted by Crippen LogP contribution is -2.37. The Bertz CT molecular complexity index is 465. The normalized spacial score (nSPS) is 19.1. The van der Waals surface area contributed by atoms with Crippen LogP contribution in [-0.2, 0) is 10.0 Å². The van der Waals surface area contributed by atoms with Crippen LogP contribution >= 0.6 is 34.5 Å². The number of halogens is 2. The van der Waals surface area contributed by atoms with Crippen LogP contribution in [0.15, 0.2) is 16.3 Å². The highest BCUT2D eigenvalue weighted by atomic mass is 35.5. The summed E-state index contributed by atoms with van der Waals surface area (Å²) in [5.41, 5.74) is -0.420. The lowest BCUT2D eigenvalue weighted by Gasteiger charge is -2.12. The SMILES string of the molecule is O=S(=O)(NC1(CCl)CC1)c1ccc(Cl)s1. The van der Waals surface area contributed by atoms with E-state index in [9.17, 15) is 8.42 Å². The van der Waals surface area contributed by atoms with Crippen LogP contribution in [0.25, 0.3) is 0 Å². The van der Waals surface area contributed by atoms with Crippen LogP contribution in [0.4, 0.5) is 0 Å². The third-order valence-electron chi connectivity index (χ3n) is 2.27. The lowest BCUT2D eigenvalue weighted by atomic mass is 10.4. The van der Waals surface area contributed by atoms with E-state index in [4.69, 9.17) is 23.2 Å². The van der Waals surface area contributed by atoms with Gasteiger partial charge in [-0.1, -0.05) is 11.6 Å². The number of rotatable bonds is 4. The van der Waals surface area contributed by atoms with Gasteiger partial charge >= 0.3 is 0 Å². The molecule has 0 aliphatic heterocycles. The minimum atomic E-state index is -3.45. The van der Waals surface area contributed by atoms with Gasteiger partial charge in [0.1, 0.15) is 4.21 Å². The molecule has 1 aromatic rings. The standard InChI is InChI=1S/C8H9Cl2NO2S2/c9-5-8(3-4-8)11-15(12,13)7-2-1-6(10)14-7/h1-2,11H,3-5H2. The second kappa shape index (κ2) is 3.89. The van der Waals surface area contributed by atoms with Gasteiger partial charge in [-0.15, -0.1) is 22.9 Å². The molecule has 1 aromatic heterocycles. The van der Waals surface area contributed by atoms with E-state index in [1.807, 2.05) is 0 Å². The average molecular weight is 286 g/mol. The number of nitrogens with one attached hydrogen (secondary N) is 1. The zero-order valence-corrected chi connectivity index (χ0v) is 10.8. The van der Waals surface area contributed by atoms with Crippen LogP contribution in [0.3, 0.4) is 0 Å². The molecule has 15 heavy (non-hydrogen) atoms. The van der Waals surface area contributed by atoms with Crippen molar-refractivity contribution in [2.45, 2.75) is 22.6 Å². The molecule has 7 heteroatoms. The van der Waals surface area contributed by atoms with Crippen LogP contribution in [0.2, 0.25) is 4.34 Å². The summed E-state index contributed by atoms with van der Waals surface area (Å²) in [6.07, 6.45) is 1.60. The summed E-state index contributed by atoms with van der Waals surface area (Å²) in [6.45, 7) is 0. The van der Waals surface area contributed by atoms with Crippen LogP contribution in [0, 0.1) is 0 Å². The molecule has 0 atom stereocenters. The predicted molar refractivity (Wildman–Crippen MR) is 62.3 cm³/mol. The van der Waals surface area contributed by atoms with E-state index >= 15 is 0 Å². The van der Waals surface area contributed by atoms with Gasteiger partial charge in [-0.2, -0.15) is 0 Å². The quantitative estimate of drug-likeness (QED) is 0.864. The molecule has 0 bridgehead atoms. The first-order valence-electron chi connectivity index (χ1n) is 4.33. The molecule has 0 amide bonds. The van der Waals surface area contributed by atoms with Crippen molar-refractivity contribution in [2.75, 3.05) is 5.88 Å². The van der Waals surface area contributed by atoms with E-state index in [0.717, 1.165) is 24.2 Å². The molecule has 1 heterocycles. The van der Waals surface area contributed by atoms with Gasteiger partial charge in [0.15, 0.2) is 0 Å². The van der Waals surface area contributed by atoms with Crippen molar-refractivity contribution in [2.24, 2.45) is 0 Å². The Morgan fingerprint density at radius 2 is 2.13 bits per heavy atom. The molecule has 0 saturated heterocycles. The lowest BCUT2D eigenvalue weighted by molar-refractivity contribution is 0.561. The number of hydrogen-bond donors (Lipinski definition) is 1. The van der Waals surface area contributed by atoms with Gasteiger partial charge in [-0.3, -0.25) is 0 Å². The first-order chi connectivity index (χ1) is 6.97. The first kappa shape index (κ1) is 11.7. The Labute approximate surface area is 102 Å². The summed E-state index contributed by atoms with van der Waals surface area (Å²) in [4.78, 5) is 0. The molecule has 1 N–H and O–H groups in total. The number of sulfonamides is 1. The maximum atomic E-state index is 11.8. The monoisotopic (exact) mass is 285 g/mol. The minimum Gasteiger partial charge on any atom is -0.206 e. The molecule has 0 radical (unpaired) electrons. The van der Waals surface area contributed by atoms with Crippen LogP contribution in [0.1, 0.15) is 12.8 Å². The Morgan fingerprint density at radius 3 is 2.53 bits per heavy atom. The number of alkyl halides is 1. The molecule has 2 rings (SSSR count). The van der Waals surface area contributed by atoms with Crippen molar-refractivity contribution in [3.8, 4) is 0 Å². The summed E-state index contributed by atoms with van der Waals surface area (Å²) in [5.74, 6) is 0.311. The maximum Gasteiger partial charge on any atom is 0.250 e. The summed E-state index contributed by atoms with van der Waals surface area (Å²) < 4.78 is 27.0. The summed E-state index contributed by atoms with van der Waals surface area (Å²) in [7, 11) is -3.45. The molecule has 84 valence electrons. The second-order valence-electron chi connectivity index (χ2n) is 3.58. The number of thiophene rings is 1. The fourth-order valence-electron chi connectivity index (χ4n) is 1.19. The average Bonchev–Trinajstić information content (AvgIpc) is 2.78. The van der Waals surface area contributed by atoms with E-state index in [2.05, 4.69) is 4.72 Å². The fourth-order valence-corrected chi connectivity index (χ4v) is 4.55. The Kier molecular flexibility index (Phi) is 3.03. The Hall–Kier alpha value is 0.190. The van der Waals surface area contributed by atoms with E-state index < -0.39 is 15.6 Å². The molecule has 1 saturated carbocycles. The third kappa shape index (κ3) is 2.47. The molecule has 0 unspecified atom stereocenters. The third-order valence-corrected chi connectivity index (χ3v) is 6.09. The highest BCUT2D eigenvalue weighted by Crippen LogP contribution is 2.38. The van der Waals surface area contributed by atoms with Crippen molar-refractivity contribution in [3.05, 3.63) is 16.5 Å². The molecule has 1 aliphatic carbocycles. The van der Waals surface area contributed by atoms with Gasteiger partial charge < -0.3 is 0 Å². The van der Waals surface area contributed by atoms with Gasteiger partial charge in [0.05, 0.1) is 4.34 Å². The second-order valence-corrected chi connectivity index (χ2v) is 7.47. The Morgan fingerprint density at radius 1 is 1.47 bits per heavy atom. The van der Waals surface area contributed by atoms with E-state index in [1.54, 1.807) is 6.07 Å². The van der Waals surface area contributed by atoms with Crippen molar-refractivity contribution in [1.29, 1.82) is 0 Å². The Balaban J connectivity index is 2.21. The molecule has 1 aliphatic rings. The largest absolute Gasteiger partial charge is 0.250 e. The molecule has 1 fully saturated rings. The van der Waals surface area contributed by atoms with Gasteiger partial charge in [-0.25, -0.2) is 13.1 Å². The van der Waals surface area contributed by atoms with Crippen molar-refractivity contribution < 1.29 is 8.42 Å². The summed E-state index contributed by atoms with van der Waals surface area (Å²) in [6, 6.07) is 3.07. The van der Waals surface area contributed by atoms with Crippen LogP contribution < -0.4 is 4.72 Å². The zero-order chi connectivity index (χ0) is 11.1. The van der Waals surface area contributed by atoms with E-state index in [0.29, 0.717) is 10.2 Å². The van der Waals surface area contributed by atoms with Gasteiger partial charge in [0.2, 0.25) is 0 Å². The predicted octanol–water partition coefficient (Wildman–Crippen LogP) is 2.45. The smallest absolute Gasteiger partial charge is 0.206 e. The molecule has 0 spiro atoms. The molecular formula is C8H9Cl2NO2S2.